The zero-order valence-corrected chi connectivity index (χ0v) is 21.4. The number of urea groups is 1. The number of thiazole rings is 1. The molecule has 0 saturated carbocycles. The Bertz CT molecular complexity index is 1060. The van der Waals surface area contributed by atoms with Crippen molar-refractivity contribution in [3.05, 3.63) is 34.8 Å². The minimum Gasteiger partial charge on any atom is -0.370 e. The Hall–Kier alpha value is -2.70. The lowest BCUT2D eigenvalue weighted by molar-refractivity contribution is 0.262. The highest BCUT2D eigenvalue weighted by Crippen LogP contribution is 2.39. The minimum absolute atomic E-state index is 0.121. The SMILES string of the molecule is Cc1ccc(NC(=O)Nc2ncc(C(CCN(C)C)Sc3nnn[nH]3)s2)c(N2CCCCC2)c1. The first-order chi connectivity index (χ1) is 16.5. The van der Waals surface area contributed by atoms with Crippen molar-refractivity contribution in [2.24, 2.45) is 0 Å². The van der Waals surface area contributed by atoms with Gasteiger partial charge in [-0.15, -0.1) is 16.4 Å². The monoisotopic (exact) mass is 501 g/mol. The van der Waals surface area contributed by atoms with Crippen LogP contribution < -0.4 is 15.5 Å². The van der Waals surface area contributed by atoms with Gasteiger partial charge in [0.1, 0.15) is 0 Å². The van der Waals surface area contributed by atoms with Crippen LogP contribution in [-0.4, -0.2) is 70.3 Å². The molecule has 1 aliphatic rings. The zero-order valence-electron chi connectivity index (χ0n) is 19.7. The number of benzene rings is 1. The Morgan fingerprint density at radius 2 is 2.09 bits per heavy atom. The summed E-state index contributed by atoms with van der Waals surface area (Å²) >= 11 is 3.04. The van der Waals surface area contributed by atoms with Crippen molar-refractivity contribution in [3.63, 3.8) is 0 Å². The van der Waals surface area contributed by atoms with Crippen LogP contribution in [0.15, 0.2) is 29.6 Å². The summed E-state index contributed by atoms with van der Waals surface area (Å²) in [5, 5.41) is 21.4. The number of rotatable bonds is 9. The van der Waals surface area contributed by atoms with Crippen LogP contribution in [0.5, 0.6) is 0 Å². The summed E-state index contributed by atoms with van der Waals surface area (Å²) < 4.78 is 0. The molecular weight excluding hydrogens is 470 g/mol. The van der Waals surface area contributed by atoms with E-state index < -0.39 is 0 Å². The highest BCUT2D eigenvalue weighted by molar-refractivity contribution is 7.99. The molecule has 2 amide bonds. The first-order valence-electron chi connectivity index (χ1n) is 11.4. The van der Waals surface area contributed by atoms with E-state index in [-0.39, 0.29) is 11.3 Å². The van der Waals surface area contributed by atoms with Gasteiger partial charge in [0.15, 0.2) is 5.13 Å². The molecule has 3 N–H and O–H groups in total. The molecule has 182 valence electrons. The summed E-state index contributed by atoms with van der Waals surface area (Å²) in [6.45, 7) is 5.02. The fourth-order valence-electron chi connectivity index (χ4n) is 3.86. The third-order valence-electron chi connectivity index (χ3n) is 5.58. The molecule has 3 aromatic rings. The predicted molar refractivity (Wildman–Crippen MR) is 138 cm³/mol. The molecule has 3 heterocycles. The van der Waals surface area contributed by atoms with Crippen LogP contribution in [-0.2, 0) is 0 Å². The molecule has 2 aromatic heterocycles. The molecule has 1 atom stereocenters. The zero-order chi connectivity index (χ0) is 23.9. The third-order valence-corrected chi connectivity index (χ3v) is 7.92. The van der Waals surface area contributed by atoms with Gasteiger partial charge in [0.25, 0.3) is 0 Å². The van der Waals surface area contributed by atoms with E-state index in [0.29, 0.717) is 10.3 Å². The molecule has 1 fully saturated rings. The summed E-state index contributed by atoms with van der Waals surface area (Å²) in [4.78, 5) is 22.8. The molecule has 0 bridgehead atoms. The van der Waals surface area contributed by atoms with Gasteiger partial charge in [-0.3, -0.25) is 5.32 Å². The van der Waals surface area contributed by atoms with Crippen LogP contribution in [0.2, 0.25) is 0 Å². The first-order valence-corrected chi connectivity index (χ1v) is 13.1. The number of nitrogens with one attached hydrogen (secondary N) is 3. The molecule has 0 aliphatic carbocycles. The second kappa shape index (κ2) is 11.6. The van der Waals surface area contributed by atoms with E-state index in [1.54, 1.807) is 11.8 Å². The molecule has 12 heteroatoms. The van der Waals surface area contributed by atoms with E-state index in [0.717, 1.165) is 42.3 Å². The van der Waals surface area contributed by atoms with E-state index in [1.165, 1.54) is 36.2 Å². The number of aromatic nitrogens is 5. The number of carbonyl (C=O) groups is 1. The van der Waals surface area contributed by atoms with Crippen molar-refractivity contribution in [2.75, 3.05) is 49.3 Å². The molecular formula is C22H31N9OS2. The van der Waals surface area contributed by atoms with Gasteiger partial charge in [0, 0.05) is 29.4 Å². The molecule has 1 saturated heterocycles. The Morgan fingerprint density at radius 3 is 2.82 bits per heavy atom. The van der Waals surface area contributed by atoms with Crippen LogP contribution >= 0.6 is 23.1 Å². The molecule has 10 nitrogen and oxygen atoms in total. The topological polar surface area (TPSA) is 115 Å². The van der Waals surface area contributed by atoms with Crippen molar-refractivity contribution in [1.82, 2.24) is 30.5 Å². The average Bonchev–Trinajstić information content (AvgIpc) is 3.50. The Morgan fingerprint density at radius 1 is 1.26 bits per heavy atom. The largest absolute Gasteiger partial charge is 0.370 e. The van der Waals surface area contributed by atoms with Crippen LogP contribution in [0.25, 0.3) is 0 Å². The number of nitrogens with zero attached hydrogens (tertiary/aromatic N) is 6. The Labute approximate surface area is 207 Å². The van der Waals surface area contributed by atoms with Gasteiger partial charge in [0.05, 0.1) is 11.4 Å². The summed E-state index contributed by atoms with van der Waals surface area (Å²) in [5.74, 6) is 0. The van der Waals surface area contributed by atoms with E-state index in [2.05, 4.69) is 59.0 Å². The van der Waals surface area contributed by atoms with Crippen molar-refractivity contribution in [1.29, 1.82) is 0 Å². The van der Waals surface area contributed by atoms with Gasteiger partial charge < -0.3 is 15.1 Å². The van der Waals surface area contributed by atoms with Gasteiger partial charge in [-0.25, -0.2) is 14.9 Å². The lowest BCUT2D eigenvalue weighted by Gasteiger charge is -2.30. The van der Waals surface area contributed by atoms with Crippen LogP contribution in [0, 0.1) is 6.92 Å². The van der Waals surface area contributed by atoms with Gasteiger partial charge >= 0.3 is 6.03 Å². The lowest BCUT2D eigenvalue weighted by Crippen LogP contribution is -2.31. The molecule has 1 unspecified atom stereocenters. The second-order valence-corrected chi connectivity index (χ2v) is 10.9. The van der Waals surface area contributed by atoms with Crippen molar-refractivity contribution in [2.45, 2.75) is 43.0 Å². The van der Waals surface area contributed by atoms with Gasteiger partial charge in [-0.2, -0.15) is 0 Å². The maximum Gasteiger partial charge on any atom is 0.325 e. The van der Waals surface area contributed by atoms with Gasteiger partial charge in [0.2, 0.25) is 5.16 Å². The number of carbonyl (C=O) groups excluding carboxylic acids is 1. The number of piperidine rings is 1. The molecule has 0 radical (unpaired) electrons. The van der Waals surface area contributed by atoms with Crippen molar-refractivity contribution >= 4 is 45.6 Å². The number of tetrazole rings is 1. The number of amides is 2. The second-order valence-electron chi connectivity index (χ2n) is 8.62. The first kappa shape index (κ1) is 24.4. The third kappa shape index (κ3) is 6.67. The fraction of sp³-hybridized carbons (Fsp3) is 0.500. The minimum atomic E-state index is -0.292. The van der Waals surface area contributed by atoms with Crippen molar-refractivity contribution < 1.29 is 4.79 Å². The van der Waals surface area contributed by atoms with Crippen LogP contribution in [0.4, 0.5) is 21.3 Å². The quantitative estimate of drug-likeness (QED) is 0.370. The fourth-order valence-corrected chi connectivity index (χ4v) is 5.82. The number of hydrogen-bond acceptors (Lipinski definition) is 9. The average molecular weight is 502 g/mol. The number of anilines is 3. The van der Waals surface area contributed by atoms with Crippen molar-refractivity contribution in [3.8, 4) is 0 Å². The van der Waals surface area contributed by atoms with Crippen LogP contribution in [0.1, 0.15) is 41.4 Å². The summed E-state index contributed by atoms with van der Waals surface area (Å²) in [5.41, 5.74) is 3.08. The smallest absolute Gasteiger partial charge is 0.325 e. The number of thioether (sulfide) groups is 1. The number of aryl methyl sites for hydroxylation is 1. The van der Waals surface area contributed by atoms with Gasteiger partial charge in [-0.1, -0.05) is 17.8 Å². The Kier molecular flexibility index (Phi) is 8.35. The van der Waals surface area contributed by atoms with E-state index in [4.69, 9.17) is 0 Å². The molecule has 1 aliphatic heterocycles. The molecule has 4 rings (SSSR count). The maximum absolute atomic E-state index is 12.8. The predicted octanol–water partition coefficient (Wildman–Crippen LogP) is 4.38. The summed E-state index contributed by atoms with van der Waals surface area (Å²) in [6, 6.07) is 5.86. The van der Waals surface area contributed by atoms with Gasteiger partial charge in [-0.05, 0) is 81.4 Å². The standard InChI is InChI=1S/C22H31N9OS2/c1-15-7-8-16(17(13-15)31-10-5-4-6-11-31)24-20(32)25-21-23-14-19(34-21)18(9-12-30(2)3)33-22-26-28-29-27-22/h7-8,13-14,18H,4-6,9-12H2,1-3H3,(H2,23,24,25,32)(H,26,27,28,29). The highest BCUT2D eigenvalue weighted by Gasteiger charge is 2.20. The number of aromatic amines is 1. The summed E-state index contributed by atoms with van der Waals surface area (Å²) in [6.07, 6.45) is 6.34. The summed E-state index contributed by atoms with van der Waals surface area (Å²) in [7, 11) is 4.09. The Balaban J connectivity index is 1.42. The number of H-pyrrole nitrogens is 1. The van der Waals surface area contributed by atoms with E-state index in [1.807, 2.05) is 32.4 Å². The lowest BCUT2D eigenvalue weighted by atomic mass is 10.1. The normalized spacial score (nSPS) is 14.9. The highest BCUT2D eigenvalue weighted by atomic mass is 32.2. The molecule has 0 spiro atoms. The maximum atomic E-state index is 12.8. The number of hydrogen-bond donors (Lipinski definition) is 3. The van der Waals surface area contributed by atoms with E-state index >= 15 is 0 Å². The van der Waals surface area contributed by atoms with Crippen LogP contribution in [0.3, 0.4) is 0 Å². The molecule has 34 heavy (non-hydrogen) atoms. The van der Waals surface area contributed by atoms with E-state index in [9.17, 15) is 4.79 Å². The molecule has 1 aromatic carbocycles.